The fraction of sp³-hybridized carbons (Fsp3) is 0. The van der Waals surface area contributed by atoms with Crippen molar-refractivity contribution in [1.29, 1.82) is 0 Å². The van der Waals surface area contributed by atoms with E-state index in [-0.39, 0.29) is 0 Å². The number of hydrogen-bond acceptors (Lipinski definition) is 1. The molecule has 16 aromatic carbocycles. The summed E-state index contributed by atoms with van der Waals surface area (Å²) in [5.41, 5.74) is 14.4. The fourth-order valence-electron chi connectivity index (χ4n) is 13.3. The van der Waals surface area contributed by atoms with Gasteiger partial charge in [0, 0.05) is 16.2 Å². The molecule has 0 bridgehead atoms. The first kappa shape index (κ1) is 46.5. The molecule has 1 nitrogen and oxygen atoms in total. The van der Waals surface area contributed by atoms with Crippen molar-refractivity contribution >= 4 is 108 Å². The second-order valence-electron chi connectivity index (χ2n) is 21.3. The minimum absolute atomic E-state index is 0.917. The average Bonchev–Trinajstić information content (AvgIpc) is 4.17. The summed E-state index contributed by atoms with van der Waals surface area (Å²) in [6.45, 7) is 0. The Morgan fingerprint density at radius 1 is 0.185 bits per heavy atom. The Hall–Kier alpha value is -10.6. The SMILES string of the molecule is c1cc(-c2cccc3ccccc23)cc(-c2c3ccccc3c(-c3ccc4ccccc4c3)c3ccccc23)c1.c1ccc2c(-c3c4ccccc4c(-c4cccc5oc6c7ccccc7ccc6c45)c4ccccc34)cccc2c1. The smallest absolute Gasteiger partial charge is 0.143 e. The predicted molar refractivity (Wildman–Crippen MR) is 347 cm³/mol. The van der Waals surface area contributed by atoms with E-state index >= 15 is 0 Å². The zero-order valence-electron chi connectivity index (χ0n) is 44.3. The second-order valence-corrected chi connectivity index (χ2v) is 21.3. The molecule has 1 aromatic heterocycles. The maximum Gasteiger partial charge on any atom is 0.143 e. The van der Waals surface area contributed by atoms with Gasteiger partial charge < -0.3 is 4.42 Å². The van der Waals surface area contributed by atoms with E-state index < -0.39 is 0 Å². The number of hydrogen-bond donors (Lipinski definition) is 0. The Bertz CT molecular complexity index is 5240. The highest BCUT2D eigenvalue weighted by Gasteiger charge is 2.22. The molecule has 0 aliphatic carbocycles. The average molecular weight is 1030 g/mol. The van der Waals surface area contributed by atoms with Gasteiger partial charge in [-0.1, -0.05) is 279 Å². The van der Waals surface area contributed by atoms with Gasteiger partial charge in [-0.3, -0.25) is 0 Å². The highest BCUT2D eigenvalue weighted by atomic mass is 16.3. The van der Waals surface area contributed by atoms with Gasteiger partial charge >= 0.3 is 0 Å². The molecule has 376 valence electrons. The molecular formula is C80H50O. The molecule has 17 rings (SSSR count). The van der Waals surface area contributed by atoms with Crippen molar-refractivity contribution in [1.82, 2.24) is 0 Å². The highest BCUT2D eigenvalue weighted by molar-refractivity contribution is 6.28. The normalized spacial score (nSPS) is 11.7. The molecule has 17 aromatic rings. The van der Waals surface area contributed by atoms with Crippen LogP contribution >= 0.6 is 0 Å². The molecule has 81 heavy (non-hydrogen) atoms. The lowest BCUT2D eigenvalue weighted by Crippen LogP contribution is -1.92. The summed E-state index contributed by atoms with van der Waals surface area (Å²) < 4.78 is 6.59. The van der Waals surface area contributed by atoms with Gasteiger partial charge in [0.2, 0.25) is 0 Å². The summed E-state index contributed by atoms with van der Waals surface area (Å²) >= 11 is 0. The minimum atomic E-state index is 0.917. The summed E-state index contributed by atoms with van der Waals surface area (Å²) in [6.07, 6.45) is 0. The standard InChI is InChI=1S/C40H24O.C40H26/c1-3-14-27-25(11-1)13-9-20-29(27)37-30-16-5-7-18-32(30)38(33-19-8-6-17-31(33)37)34-21-10-22-36-39(34)35-24-23-26-12-2-4-15-28(26)40(35)41-36;1-2-13-29-25-32(24-23-27(29)11-1)40-37-20-7-5-18-35(37)39(36-19-6-8-21-38(36)40)31-16-9-15-30(26-31)34-22-10-14-28-12-3-4-17-33(28)34/h1-24H;1-26H. The number of benzene rings is 16. The molecule has 0 radical (unpaired) electrons. The molecule has 0 aliphatic heterocycles. The van der Waals surface area contributed by atoms with Crippen molar-refractivity contribution in [3.05, 3.63) is 303 Å². The lowest BCUT2D eigenvalue weighted by Gasteiger charge is -2.19. The van der Waals surface area contributed by atoms with E-state index in [1.54, 1.807) is 0 Å². The first-order valence-electron chi connectivity index (χ1n) is 28.0. The van der Waals surface area contributed by atoms with Crippen LogP contribution in [0.4, 0.5) is 0 Å². The maximum absolute atomic E-state index is 6.59. The first-order valence-corrected chi connectivity index (χ1v) is 28.0. The molecule has 1 heterocycles. The van der Waals surface area contributed by atoms with Crippen LogP contribution in [0.25, 0.3) is 164 Å². The Morgan fingerprint density at radius 2 is 0.556 bits per heavy atom. The lowest BCUT2D eigenvalue weighted by molar-refractivity contribution is 0.673. The largest absolute Gasteiger partial charge is 0.455 e. The van der Waals surface area contributed by atoms with Gasteiger partial charge in [0.1, 0.15) is 11.2 Å². The van der Waals surface area contributed by atoms with E-state index in [1.165, 1.54) is 142 Å². The van der Waals surface area contributed by atoms with E-state index in [0.717, 1.165) is 21.9 Å². The Kier molecular flexibility index (Phi) is 11.0. The Balaban J connectivity index is 0.000000134. The first-order chi connectivity index (χ1) is 40.2. The summed E-state index contributed by atoms with van der Waals surface area (Å²) in [5.74, 6) is 0. The molecule has 0 N–H and O–H groups in total. The third-order valence-corrected chi connectivity index (χ3v) is 16.9. The van der Waals surface area contributed by atoms with Crippen molar-refractivity contribution in [2.24, 2.45) is 0 Å². The van der Waals surface area contributed by atoms with Gasteiger partial charge in [0.25, 0.3) is 0 Å². The van der Waals surface area contributed by atoms with Crippen LogP contribution in [-0.2, 0) is 0 Å². The zero-order valence-corrected chi connectivity index (χ0v) is 44.3. The third kappa shape index (κ3) is 7.62. The number of fused-ring (bicyclic) bond motifs is 12. The summed E-state index contributed by atoms with van der Waals surface area (Å²) in [7, 11) is 0. The monoisotopic (exact) mass is 1030 g/mol. The molecule has 0 fully saturated rings. The quantitative estimate of drug-likeness (QED) is 0.157. The van der Waals surface area contributed by atoms with Crippen molar-refractivity contribution in [2.75, 3.05) is 0 Å². The molecule has 0 saturated carbocycles. The fourth-order valence-corrected chi connectivity index (χ4v) is 13.3. The lowest BCUT2D eigenvalue weighted by atomic mass is 9.84. The van der Waals surface area contributed by atoms with Crippen LogP contribution < -0.4 is 0 Å². The minimum Gasteiger partial charge on any atom is -0.455 e. The van der Waals surface area contributed by atoms with Gasteiger partial charge in [-0.2, -0.15) is 0 Å². The molecular weight excluding hydrogens is 977 g/mol. The molecule has 0 amide bonds. The topological polar surface area (TPSA) is 13.1 Å². The summed E-state index contributed by atoms with van der Waals surface area (Å²) in [4.78, 5) is 0. The number of rotatable bonds is 5. The van der Waals surface area contributed by atoms with Crippen LogP contribution in [0.2, 0.25) is 0 Å². The van der Waals surface area contributed by atoms with Crippen molar-refractivity contribution in [3.8, 4) is 55.6 Å². The van der Waals surface area contributed by atoms with Gasteiger partial charge in [0.05, 0.1) is 0 Å². The van der Waals surface area contributed by atoms with Crippen LogP contribution in [0.15, 0.2) is 308 Å². The molecule has 0 spiro atoms. The molecule has 0 unspecified atom stereocenters. The number of furan rings is 1. The molecule has 1 heteroatoms. The van der Waals surface area contributed by atoms with Gasteiger partial charge in [-0.25, -0.2) is 0 Å². The zero-order chi connectivity index (χ0) is 53.4. The summed E-state index contributed by atoms with van der Waals surface area (Å²) in [6, 6.07) is 110. The van der Waals surface area contributed by atoms with E-state index in [9.17, 15) is 0 Å². The third-order valence-electron chi connectivity index (χ3n) is 16.9. The van der Waals surface area contributed by atoms with Crippen LogP contribution in [0.5, 0.6) is 0 Å². The van der Waals surface area contributed by atoms with Crippen molar-refractivity contribution < 1.29 is 4.42 Å². The predicted octanol–water partition coefficient (Wildman–Crippen LogP) is 22.8. The van der Waals surface area contributed by atoms with E-state index in [4.69, 9.17) is 4.42 Å². The van der Waals surface area contributed by atoms with E-state index in [2.05, 4.69) is 303 Å². The maximum atomic E-state index is 6.59. The van der Waals surface area contributed by atoms with Crippen molar-refractivity contribution in [2.45, 2.75) is 0 Å². The molecule has 0 saturated heterocycles. The van der Waals surface area contributed by atoms with Crippen LogP contribution in [0, 0.1) is 0 Å². The van der Waals surface area contributed by atoms with Gasteiger partial charge in [-0.05, 0) is 161 Å². The van der Waals surface area contributed by atoms with Gasteiger partial charge in [-0.15, -0.1) is 0 Å². The molecule has 0 aliphatic rings. The van der Waals surface area contributed by atoms with E-state index in [0.29, 0.717) is 0 Å². The Labute approximate surface area is 468 Å². The van der Waals surface area contributed by atoms with Crippen LogP contribution in [0.3, 0.4) is 0 Å². The summed E-state index contributed by atoms with van der Waals surface area (Å²) in [5, 5.41) is 22.4. The van der Waals surface area contributed by atoms with Gasteiger partial charge in [0.15, 0.2) is 0 Å². The second kappa shape index (κ2) is 19.1. The van der Waals surface area contributed by atoms with Crippen LogP contribution in [-0.4, -0.2) is 0 Å². The Morgan fingerprint density at radius 3 is 1.14 bits per heavy atom. The molecule has 0 atom stereocenters. The van der Waals surface area contributed by atoms with Crippen LogP contribution in [0.1, 0.15) is 0 Å². The van der Waals surface area contributed by atoms with Crippen molar-refractivity contribution in [3.63, 3.8) is 0 Å². The highest BCUT2D eigenvalue weighted by Crippen LogP contribution is 2.49. The van der Waals surface area contributed by atoms with E-state index in [1.807, 2.05) is 0 Å².